The smallest absolute Gasteiger partial charge is 0.336 e. The third-order valence-corrected chi connectivity index (χ3v) is 3.46. The van der Waals surface area contributed by atoms with E-state index in [2.05, 4.69) is 0 Å². The predicted octanol–water partition coefficient (Wildman–Crippen LogP) is 3.21. The highest BCUT2D eigenvalue weighted by molar-refractivity contribution is 6.15. The second-order valence-corrected chi connectivity index (χ2v) is 4.73. The molecule has 98 valence electrons. The van der Waals surface area contributed by atoms with Crippen molar-refractivity contribution < 1.29 is 14.7 Å². The van der Waals surface area contributed by atoms with E-state index in [1.54, 1.807) is 30.3 Å². The molecule has 3 heteroatoms. The van der Waals surface area contributed by atoms with Crippen LogP contribution in [0.1, 0.15) is 31.8 Å². The van der Waals surface area contributed by atoms with Crippen molar-refractivity contribution in [1.82, 2.24) is 0 Å². The van der Waals surface area contributed by atoms with Gasteiger partial charge in [0.05, 0.1) is 5.56 Å². The summed E-state index contributed by atoms with van der Waals surface area (Å²) in [7, 11) is 0. The van der Waals surface area contributed by atoms with Gasteiger partial charge in [0, 0.05) is 17.6 Å². The number of Topliss-reactive ketones (excluding diaryl/α,β-unsaturated/α-hetero) is 1. The van der Waals surface area contributed by atoms with Gasteiger partial charge in [0.15, 0.2) is 5.78 Å². The molecule has 1 N–H and O–H groups in total. The Balaban J connectivity index is 2.04. The molecule has 1 aliphatic carbocycles. The van der Waals surface area contributed by atoms with Crippen molar-refractivity contribution >= 4 is 17.8 Å². The molecule has 3 nitrogen and oxygen atoms in total. The normalized spacial score (nSPS) is 15.4. The van der Waals surface area contributed by atoms with Crippen molar-refractivity contribution in [2.45, 2.75) is 6.42 Å². The lowest BCUT2D eigenvalue weighted by Crippen LogP contribution is -2.01. The zero-order chi connectivity index (χ0) is 14.1. The van der Waals surface area contributed by atoms with Crippen LogP contribution in [-0.4, -0.2) is 16.9 Å². The summed E-state index contributed by atoms with van der Waals surface area (Å²) in [4.78, 5) is 23.4. The number of allylic oxidation sites excluding steroid dienone is 1. The molecule has 0 radical (unpaired) electrons. The molecule has 0 aliphatic heterocycles. The lowest BCUT2D eigenvalue weighted by molar-refractivity contribution is 0.0696. The maximum absolute atomic E-state index is 12.3. The average molecular weight is 264 g/mol. The number of carbonyl (C=O) groups is 2. The Morgan fingerprint density at radius 3 is 2.50 bits per heavy atom. The van der Waals surface area contributed by atoms with E-state index in [1.165, 1.54) is 0 Å². The van der Waals surface area contributed by atoms with Crippen LogP contribution in [0.5, 0.6) is 0 Å². The molecule has 0 atom stereocenters. The van der Waals surface area contributed by atoms with Gasteiger partial charge in [0.2, 0.25) is 0 Å². The molecular weight excluding hydrogens is 252 g/mol. The number of hydrogen-bond acceptors (Lipinski definition) is 2. The molecule has 0 saturated carbocycles. The van der Waals surface area contributed by atoms with Gasteiger partial charge >= 0.3 is 5.97 Å². The van der Waals surface area contributed by atoms with Gasteiger partial charge in [0.1, 0.15) is 0 Å². The lowest BCUT2D eigenvalue weighted by atomic mass is 10.0. The summed E-state index contributed by atoms with van der Waals surface area (Å²) in [5.41, 5.74) is 3.13. The van der Waals surface area contributed by atoms with Crippen molar-refractivity contribution in [3.8, 4) is 0 Å². The van der Waals surface area contributed by atoms with Gasteiger partial charge in [0.25, 0.3) is 0 Å². The number of benzene rings is 2. The number of ketones is 1. The van der Waals surface area contributed by atoms with E-state index in [9.17, 15) is 9.59 Å². The van der Waals surface area contributed by atoms with E-state index >= 15 is 0 Å². The highest BCUT2D eigenvalue weighted by atomic mass is 16.4. The maximum Gasteiger partial charge on any atom is 0.336 e. The number of rotatable bonds is 2. The zero-order valence-corrected chi connectivity index (χ0v) is 10.7. The van der Waals surface area contributed by atoms with Gasteiger partial charge in [-0.2, -0.15) is 0 Å². The first-order valence-corrected chi connectivity index (χ1v) is 6.32. The van der Waals surface area contributed by atoms with Crippen LogP contribution in [0, 0.1) is 0 Å². The van der Waals surface area contributed by atoms with Crippen LogP contribution < -0.4 is 0 Å². The Morgan fingerprint density at radius 2 is 1.75 bits per heavy atom. The minimum atomic E-state index is -0.986. The van der Waals surface area contributed by atoms with Gasteiger partial charge in [-0.1, -0.05) is 42.5 Å². The van der Waals surface area contributed by atoms with E-state index in [0.29, 0.717) is 23.1 Å². The van der Waals surface area contributed by atoms with E-state index < -0.39 is 5.97 Å². The first-order chi connectivity index (χ1) is 9.66. The van der Waals surface area contributed by atoms with Crippen LogP contribution in [0.4, 0.5) is 0 Å². The molecule has 3 rings (SSSR count). The topological polar surface area (TPSA) is 54.4 Å². The summed E-state index contributed by atoms with van der Waals surface area (Å²) in [6.07, 6.45) is 2.24. The maximum atomic E-state index is 12.3. The second kappa shape index (κ2) is 4.78. The zero-order valence-electron chi connectivity index (χ0n) is 10.7. The van der Waals surface area contributed by atoms with E-state index in [0.717, 1.165) is 5.56 Å². The van der Waals surface area contributed by atoms with E-state index in [4.69, 9.17) is 5.11 Å². The minimum absolute atomic E-state index is 0.0132. The van der Waals surface area contributed by atoms with Crippen LogP contribution in [0.15, 0.2) is 54.1 Å². The summed E-state index contributed by atoms with van der Waals surface area (Å²) < 4.78 is 0. The Bertz CT molecular complexity index is 741. The molecule has 0 unspecified atom stereocenters. The first kappa shape index (κ1) is 12.4. The molecule has 1 aliphatic rings. The van der Waals surface area contributed by atoms with Gasteiger partial charge < -0.3 is 5.11 Å². The minimum Gasteiger partial charge on any atom is -0.478 e. The molecule has 0 bridgehead atoms. The number of hydrogen-bond donors (Lipinski definition) is 1. The van der Waals surface area contributed by atoms with Gasteiger partial charge in [-0.3, -0.25) is 4.79 Å². The van der Waals surface area contributed by atoms with Crippen molar-refractivity contribution in [3.63, 3.8) is 0 Å². The number of carboxylic acids is 1. The van der Waals surface area contributed by atoms with Gasteiger partial charge in [-0.15, -0.1) is 0 Å². The summed E-state index contributed by atoms with van der Waals surface area (Å²) in [5, 5.41) is 9.16. The Hall–Kier alpha value is -2.68. The number of fused-ring (bicyclic) bond motifs is 1. The fraction of sp³-hybridized carbons (Fsp3) is 0.0588. The molecule has 0 amide bonds. The van der Waals surface area contributed by atoms with Crippen LogP contribution in [0.2, 0.25) is 0 Å². The predicted molar refractivity (Wildman–Crippen MR) is 75.9 cm³/mol. The standard InChI is InChI=1S/C17H12O3/c18-16-13(9-11-5-1-3-7-14(11)16)10-12-6-2-4-8-15(12)17(19)20/h1-8,10H,9H2,(H,19,20)/b13-10-. The highest BCUT2D eigenvalue weighted by Gasteiger charge is 2.24. The second-order valence-electron chi connectivity index (χ2n) is 4.73. The van der Waals surface area contributed by atoms with Crippen LogP contribution in [0.25, 0.3) is 6.08 Å². The molecule has 2 aromatic carbocycles. The molecule has 0 fully saturated rings. The molecular formula is C17H12O3. The Kier molecular flexibility index (Phi) is 2.95. The fourth-order valence-corrected chi connectivity index (χ4v) is 2.48. The molecule has 0 aromatic heterocycles. The Labute approximate surface area is 116 Å². The third-order valence-electron chi connectivity index (χ3n) is 3.46. The van der Waals surface area contributed by atoms with Crippen molar-refractivity contribution in [3.05, 3.63) is 76.4 Å². The SMILES string of the molecule is O=C(O)c1ccccc1/C=C1/Cc2ccccc2C1=O. The van der Waals surface area contributed by atoms with Crippen LogP contribution in [0.3, 0.4) is 0 Å². The molecule has 0 spiro atoms. The highest BCUT2D eigenvalue weighted by Crippen LogP contribution is 2.28. The monoisotopic (exact) mass is 264 g/mol. The van der Waals surface area contributed by atoms with Crippen LogP contribution >= 0.6 is 0 Å². The molecule has 20 heavy (non-hydrogen) atoms. The summed E-state index contributed by atoms with van der Waals surface area (Å²) in [6, 6.07) is 14.2. The van der Waals surface area contributed by atoms with E-state index in [1.807, 2.05) is 24.3 Å². The molecule has 2 aromatic rings. The lowest BCUT2D eigenvalue weighted by Gasteiger charge is -2.01. The summed E-state index contributed by atoms with van der Waals surface area (Å²) in [5.74, 6) is -0.999. The van der Waals surface area contributed by atoms with Crippen LogP contribution in [-0.2, 0) is 6.42 Å². The number of carboxylic acid groups (broad SMARTS) is 1. The summed E-state index contributed by atoms with van der Waals surface area (Å²) >= 11 is 0. The summed E-state index contributed by atoms with van der Waals surface area (Å²) in [6.45, 7) is 0. The van der Waals surface area contributed by atoms with Crippen molar-refractivity contribution in [2.24, 2.45) is 0 Å². The van der Waals surface area contributed by atoms with E-state index in [-0.39, 0.29) is 11.3 Å². The van der Waals surface area contributed by atoms with Gasteiger partial charge in [-0.25, -0.2) is 4.79 Å². The fourth-order valence-electron chi connectivity index (χ4n) is 2.48. The Morgan fingerprint density at radius 1 is 1.05 bits per heavy atom. The van der Waals surface area contributed by atoms with Gasteiger partial charge in [-0.05, 0) is 23.3 Å². The number of carbonyl (C=O) groups excluding carboxylic acids is 1. The first-order valence-electron chi connectivity index (χ1n) is 6.32. The number of aromatic carboxylic acids is 1. The largest absolute Gasteiger partial charge is 0.478 e. The molecule has 0 saturated heterocycles. The third kappa shape index (κ3) is 2.03. The van der Waals surface area contributed by atoms with Crippen molar-refractivity contribution in [2.75, 3.05) is 0 Å². The quantitative estimate of drug-likeness (QED) is 0.847. The average Bonchev–Trinajstić information content (AvgIpc) is 2.76. The molecule has 0 heterocycles. The van der Waals surface area contributed by atoms with Crippen molar-refractivity contribution in [1.29, 1.82) is 0 Å².